The molecule has 1 fully saturated rings. The van der Waals surface area contributed by atoms with E-state index in [0.717, 1.165) is 36.4 Å². The second-order valence-corrected chi connectivity index (χ2v) is 4.95. The fourth-order valence-corrected chi connectivity index (χ4v) is 2.42. The highest BCUT2D eigenvalue weighted by atomic mass is 35.5. The Morgan fingerprint density at radius 3 is 2.81 bits per heavy atom. The summed E-state index contributed by atoms with van der Waals surface area (Å²) in [6, 6.07) is 5.92. The van der Waals surface area contributed by atoms with Gasteiger partial charge in [-0.2, -0.15) is 0 Å². The molecule has 1 saturated heterocycles. The molecule has 1 heterocycles. The average molecular weight is 315 g/mol. The molecule has 1 amide bonds. The number of ether oxygens (including phenoxy) is 2. The van der Waals surface area contributed by atoms with Crippen LogP contribution in [0.15, 0.2) is 18.2 Å². The Hall–Kier alpha value is -1.46. The van der Waals surface area contributed by atoms with Gasteiger partial charge in [0.1, 0.15) is 11.5 Å². The summed E-state index contributed by atoms with van der Waals surface area (Å²) >= 11 is 0. The maximum Gasteiger partial charge on any atom is 0.221 e. The Kier molecular flexibility index (Phi) is 7.32. The van der Waals surface area contributed by atoms with Gasteiger partial charge in [-0.3, -0.25) is 4.79 Å². The van der Waals surface area contributed by atoms with Crippen molar-refractivity contribution in [2.24, 2.45) is 0 Å². The van der Waals surface area contributed by atoms with Gasteiger partial charge >= 0.3 is 0 Å². The number of hydrogen-bond donors (Lipinski definition) is 2. The van der Waals surface area contributed by atoms with Crippen LogP contribution >= 0.6 is 12.4 Å². The maximum absolute atomic E-state index is 11.9. The van der Waals surface area contributed by atoms with Crippen LogP contribution in [0.1, 0.15) is 24.8 Å². The summed E-state index contributed by atoms with van der Waals surface area (Å²) < 4.78 is 10.5. The van der Waals surface area contributed by atoms with Gasteiger partial charge in [-0.25, -0.2) is 0 Å². The lowest BCUT2D eigenvalue weighted by Gasteiger charge is -2.13. The first kappa shape index (κ1) is 17.6. The van der Waals surface area contributed by atoms with Crippen molar-refractivity contribution in [3.05, 3.63) is 23.8 Å². The molecule has 0 bridgehead atoms. The molecule has 1 atom stereocenters. The van der Waals surface area contributed by atoms with Crippen LogP contribution in [0, 0.1) is 0 Å². The Morgan fingerprint density at radius 1 is 1.38 bits per heavy atom. The number of hydrogen-bond acceptors (Lipinski definition) is 4. The van der Waals surface area contributed by atoms with Gasteiger partial charge in [0.05, 0.1) is 14.2 Å². The number of nitrogens with one attached hydrogen (secondary N) is 2. The highest BCUT2D eigenvalue weighted by Crippen LogP contribution is 2.24. The van der Waals surface area contributed by atoms with E-state index in [1.54, 1.807) is 14.2 Å². The average Bonchev–Trinajstić information content (AvgIpc) is 2.97. The molecule has 0 aromatic heterocycles. The summed E-state index contributed by atoms with van der Waals surface area (Å²) in [5.74, 6) is 1.54. The van der Waals surface area contributed by atoms with Gasteiger partial charge in [0, 0.05) is 30.6 Å². The monoisotopic (exact) mass is 314 g/mol. The zero-order valence-corrected chi connectivity index (χ0v) is 13.3. The first-order chi connectivity index (χ1) is 9.72. The zero-order valence-electron chi connectivity index (χ0n) is 12.5. The summed E-state index contributed by atoms with van der Waals surface area (Å²) in [6.07, 6.45) is 2.78. The van der Waals surface area contributed by atoms with E-state index in [-0.39, 0.29) is 18.3 Å². The fourth-order valence-electron chi connectivity index (χ4n) is 2.42. The van der Waals surface area contributed by atoms with Gasteiger partial charge in [-0.15, -0.1) is 12.4 Å². The van der Waals surface area contributed by atoms with Crippen LogP contribution in [-0.4, -0.2) is 32.7 Å². The molecule has 2 N–H and O–H groups in total. The predicted molar refractivity (Wildman–Crippen MR) is 84.3 cm³/mol. The Morgan fingerprint density at radius 2 is 2.19 bits per heavy atom. The van der Waals surface area contributed by atoms with Crippen LogP contribution in [-0.2, 0) is 11.3 Å². The third kappa shape index (κ3) is 5.10. The van der Waals surface area contributed by atoms with Crippen molar-refractivity contribution in [1.29, 1.82) is 0 Å². The standard InChI is InChI=1S/C15H22N2O3.ClH/c1-19-13-6-5-11(14(9-13)20-2)10-17-15(18)8-12-4-3-7-16-12;/h5-6,9,12,16H,3-4,7-8,10H2,1-2H3,(H,17,18);1H. The maximum atomic E-state index is 11.9. The molecule has 1 aliphatic rings. The van der Waals surface area contributed by atoms with Crippen LogP contribution in [0.2, 0.25) is 0 Å². The molecular weight excluding hydrogens is 292 g/mol. The molecule has 0 saturated carbocycles. The van der Waals surface area contributed by atoms with Gasteiger partial charge in [0.15, 0.2) is 0 Å². The smallest absolute Gasteiger partial charge is 0.221 e. The van der Waals surface area contributed by atoms with Crippen LogP contribution in [0.3, 0.4) is 0 Å². The summed E-state index contributed by atoms with van der Waals surface area (Å²) in [5, 5.41) is 6.26. The van der Waals surface area contributed by atoms with E-state index < -0.39 is 0 Å². The molecule has 1 unspecified atom stereocenters. The molecule has 1 aromatic rings. The lowest BCUT2D eigenvalue weighted by molar-refractivity contribution is -0.121. The van der Waals surface area contributed by atoms with E-state index in [4.69, 9.17) is 9.47 Å². The van der Waals surface area contributed by atoms with Crippen molar-refractivity contribution in [1.82, 2.24) is 10.6 Å². The highest BCUT2D eigenvalue weighted by molar-refractivity contribution is 5.85. The summed E-state index contributed by atoms with van der Waals surface area (Å²) in [5.41, 5.74) is 0.945. The Labute approximate surface area is 131 Å². The molecular formula is C15H23ClN2O3. The van der Waals surface area contributed by atoms with E-state index in [1.807, 2.05) is 18.2 Å². The number of rotatable bonds is 6. The van der Waals surface area contributed by atoms with E-state index in [1.165, 1.54) is 0 Å². The minimum absolute atomic E-state index is 0. The molecule has 0 spiro atoms. The highest BCUT2D eigenvalue weighted by Gasteiger charge is 2.17. The molecule has 118 valence electrons. The normalized spacial score (nSPS) is 17.0. The minimum atomic E-state index is 0. The van der Waals surface area contributed by atoms with Crippen LogP contribution in [0.25, 0.3) is 0 Å². The molecule has 1 aliphatic heterocycles. The second-order valence-electron chi connectivity index (χ2n) is 4.95. The lowest BCUT2D eigenvalue weighted by Crippen LogP contribution is -2.31. The molecule has 1 aromatic carbocycles. The van der Waals surface area contributed by atoms with Crippen molar-refractivity contribution < 1.29 is 14.3 Å². The number of amides is 1. The van der Waals surface area contributed by atoms with Gasteiger partial charge in [-0.05, 0) is 31.5 Å². The van der Waals surface area contributed by atoms with Crippen molar-refractivity contribution in [3.8, 4) is 11.5 Å². The Bertz CT molecular complexity index is 462. The molecule has 6 heteroatoms. The first-order valence-corrected chi connectivity index (χ1v) is 6.94. The molecule has 2 rings (SSSR count). The number of methoxy groups -OCH3 is 2. The van der Waals surface area contributed by atoms with E-state index in [0.29, 0.717) is 19.0 Å². The van der Waals surface area contributed by atoms with Crippen molar-refractivity contribution in [2.75, 3.05) is 20.8 Å². The molecule has 21 heavy (non-hydrogen) atoms. The van der Waals surface area contributed by atoms with Crippen LogP contribution in [0.4, 0.5) is 0 Å². The van der Waals surface area contributed by atoms with Gasteiger partial charge in [-0.1, -0.05) is 0 Å². The van der Waals surface area contributed by atoms with Gasteiger partial charge in [0.25, 0.3) is 0 Å². The zero-order chi connectivity index (χ0) is 14.4. The molecule has 5 nitrogen and oxygen atoms in total. The quantitative estimate of drug-likeness (QED) is 0.842. The van der Waals surface area contributed by atoms with Crippen molar-refractivity contribution in [2.45, 2.75) is 31.8 Å². The number of halogens is 1. The topological polar surface area (TPSA) is 59.6 Å². The number of carbonyl (C=O) groups excluding carboxylic acids is 1. The van der Waals surface area contributed by atoms with E-state index in [9.17, 15) is 4.79 Å². The van der Waals surface area contributed by atoms with Gasteiger partial charge < -0.3 is 20.1 Å². The first-order valence-electron chi connectivity index (χ1n) is 6.94. The molecule has 0 radical (unpaired) electrons. The summed E-state index contributed by atoms with van der Waals surface area (Å²) in [4.78, 5) is 11.9. The van der Waals surface area contributed by atoms with E-state index in [2.05, 4.69) is 10.6 Å². The number of carbonyl (C=O) groups is 1. The summed E-state index contributed by atoms with van der Waals surface area (Å²) in [6.45, 7) is 1.49. The number of benzene rings is 1. The Balaban J connectivity index is 0.00000220. The third-order valence-corrected chi connectivity index (χ3v) is 3.56. The van der Waals surface area contributed by atoms with Crippen molar-refractivity contribution in [3.63, 3.8) is 0 Å². The fraction of sp³-hybridized carbons (Fsp3) is 0.533. The van der Waals surface area contributed by atoms with Crippen molar-refractivity contribution >= 4 is 18.3 Å². The molecule has 0 aliphatic carbocycles. The summed E-state index contributed by atoms with van der Waals surface area (Å²) in [7, 11) is 3.23. The minimum Gasteiger partial charge on any atom is -0.497 e. The van der Waals surface area contributed by atoms with Crippen LogP contribution < -0.4 is 20.1 Å². The lowest BCUT2D eigenvalue weighted by atomic mass is 10.1. The predicted octanol–water partition coefficient (Wildman–Crippen LogP) is 1.88. The van der Waals surface area contributed by atoms with Crippen LogP contribution in [0.5, 0.6) is 11.5 Å². The third-order valence-electron chi connectivity index (χ3n) is 3.56. The van der Waals surface area contributed by atoms with Gasteiger partial charge in [0.2, 0.25) is 5.91 Å². The van der Waals surface area contributed by atoms with E-state index >= 15 is 0 Å². The SMILES string of the molecule is COc1ccc(CNC(=O)CC2CCCN2)c(OC)c1.Cl. The largest absolute Gasteiger partial charge is 0.497 e. The second kappa shape index (κ2) is 8.74.